The van der Waals surface area contributed by atoms with Gasteiger partial charge in [0.25, 0.3) is 5.91 Å². The van der Waals surface area contributed by atoms with E-state index in [1.165, 1.54) is 12.1 Å². The van der Waals surface area contributed by atoms with Crippen LogP contribution in [0, 0.1) is 0 Å². The van der Waals surface area contributed by atoms with Gasteiger partial charge in [-0.05, 0) is 63.2 Å². The summed E-state index contributed by atoms with van der Waals surface area (Å²) in [6.45, 7) is 7.12. The molecule has 2 aromatic carbocycles. The minimum Gasteiger partial charge on any atom is -0.369 e. The standard InChI is InChI=1S/C20H23Cl2N3O2/c1-4-25(13(2)3)16-8-6-15(7-9-16)24-19(26)12-23-20(27)17-10-5-14(21)11-18(17)22/h5-11,13H,4,12H2,1-3H3,(H,23,27)(H,24,26). The lowest BCUT2D eigenvalue weighted by atomic mass is 10.2. The number of nitrogens with one attached hydrogen (secondary N) is 2. The van der Waals surface area contributed by atoms with Crippen molar-refractivity contribution in [2.75, 3.05) is 23.3 Å². The number of rotatable bonds is 7. The quantitative estimate of drug-likeness (QED) is 0.704. The second kappa shape index (κ2) is 9.62. The van der Waals surface area contributed by atoms with Crippen molar-refractivity contribution in [1.29, 1.82) is 0 Å². The first-order chi connectivity index (χ1) is 12.8. The monoisotopic (exact) mass is 407 g/mol. The van der Waals surface area contributed by atoms with Gasteiger partial charge in [0.05, 0.1) is 17.1 Å². The first-order valence-electron chi connectivity index (χ1n) is 8.71. The first-order valence-corrected chi connectivity index (χ1v) is 9.47. The van der Waals surface area contributed by atoms with Crippen molar-refractivity contribution in [3.8, 4) is 0 Å². The Morgan fingerprint density at radius 3 is 2.30 bits per heavy atom. The summed E-state index contributed by atoms with van der Waals surface area (Å²) >= 11 is 11.8. The van der Waals surface area contributed by atoms with Crippen molar-refractivity contribution < 1.29 is 9.59 Å². The summed E-state index contributed by atoms with van der Waals surface area (Å²) in [5, 5.41) is 5.98. The minimum absolute atomic E-state index is 0.160. The van der Waals surface area contributed by atoms with Gasteiger partial charge in [0.15, 0.2) is 0 Å². The van der Waals surface area contributed by atoms with E-state index in [4.69, 9.17) is 23.2 Å². The fraction of sp³-hybridized carbons (Fsp3) is 0.300. The number of hydrogen-bond acceptors (Lipinski definition) is 3. The van der Waals surface area contributed by atoms with Gasteiger partial charge in [-0.3, -0.25) is 9.59 Å². The lowest BCUT2D eigenvalue weighted by Crippen LogP contribution is -2.33. The van der Waals surface area contributed by atoms with Gasteiger partial charge in [-0.25, -0.2) is 0 Å². The van der Waals surface area contributed by atoms with Crippen LogP contribution < -0.4 is 15.5 Å². The maximum atomic E-state index is 12.1. The van der Waals surface area contributed by atoms with E-state index in [2.05, 4.69) is 36.3 Å². The molecule has 5 nitrogen and oxygen atoms in total. The van der Waals surface area contributed by atoms with Crippen LogP contribution in [0.15, 0.2) is 42.5 Å². The fourth-order valence-electron chi connectivity index (χ4n) is 2.72. The van der Waals surface area contributed by atoms with Gasteiger partial charge in [-0.1, -0.05) is 23.2 Å². The molecule has 0 radical (unpaired) electrons. The molecule has 0 aliphatic carbocycles. The highest BCUT2D eigenvalue weighted by atomic mass is 35.5. The Morgan fingerprint density at radius 2 is 1.74 bits per heavy atom. The number of nitrogens with zero attached hydrogens (tertiary/aromatic N) is 1. The molecule has 7 heteroatoms. The molecule has 2 N–H and O–H groups in total. The van der Waals surface area contributed by atoms with E-state index in [1.807, 2.05) is 24.3 Å². The molecule has 0 fully saturated rings. The average molecular weight is 408 g/mol. The van der Waals surface area contributed by atoms with Crippen molar-refractivity contribution >= 4 is 46.4 Å². The Balaban J connectivity index is 1.91. The van der Waals surface area contributed by atoms with Crippen LogP contribution in [0.2, 0.25) is 10.0 Å². The fourth-order valence-corrected chi connectivity index (χ4v) is 3.21. The molecule has 144 valence electrons. The highest BCUT2D eigenvalue weighted by molar-refractivity contribution is 6.36. The number of hydrogen-bond donors (Lipinski definition) is 2. The molecule has 0 aromatic heterocycles. The number of halogens is 2. The summed E-state index contributed by atoms with van der Waals surface area (Å²) in [6, 6.07) is 12.6. The smallest absolute Gasteiger partial charge is 0.253 e. The molecule has 0 aliphatic heterocycles. The number of carbonyl (C=O) groups excluding carboxylic acids is 2. The molecule has 0 aliphatic rings. The summed E-state index contributed by atoms with van der Waals surface area (Å²) in [7, 11) is 0. The van der Waals surface area contributed by atoms with Crippen molar-refractivity contribution in [3.05, 3.63) is 58.1 Å². The largest absolute Gasteiger partial charge is 0.369 e. The van der Waals surface area contributed by atoms with Crippen molar-refractivity contribution in [1.82, 2.24) is 5.32 Å². The third-order valence-corrected chi connectivity index (χ3v) is 4.58. The maximum Gasteiger partial charge on any atom is 0.253 e. The van der Waals surface area contributed by atoms with Gasteiger partial charge in [0, 0.05) is 29.0 Å². The topological polar surface area (TPSA) is 61.4 Å². The number of benzene rings is 2. The van der Waals surface area contributed by atoms with Crippen molar-refractivity contribution in [2.45, 2.75) is 26.8 Å². The van der Waals surface area contributed by atoms with Gasteiger partial charge < -0.3 is 15.5 Å². The molecule has 0 saturated carbocycles. The predicted molar refractivity (Wildman–Crippen MR) is 112 cm³/mol. The Kier molecular flexibility index (Phi) is 7.51. The molecule has 0 atom stereocenters. The van der Waals surface area contributed by atoms with Crippen LogP contribution in [0.4, 0.5) is 11.4 Å². The SMILES string of the molecule is CCN(c1ccc(NC(=O)CNC(=O)c2ccc(Cl)cc2Cl)cc1)C(C)C. The molecule has 0 bridgehead atoms. The highest BCUT2D eigenvalue weighted by Crippen LogP contribution is 2.21. The van der Waals surface area contributed by atoms with Crippen LogP contribution in [0.1, 0.15) is 31.1 Å². The third kappa shape index (κ3) is 5.88. The van der Waals surface area contributed by atoms with Crippen molar-refractivity contribution in [3.63, 3.8) is 0 Å². The molecule has 0 unspecified atom stereocenters. The normalized spacial score (nSPS) is 10.6. The molecular formula is C20H23Cl2N3O2. The van der Waals surface area contributed by atoms with E-state index in [1.54, 1.807) is 6.07 Å². The molecule has 27 heavy (non-hydrogen) atoms. The Labute approximate surface area is 169 Å². The van der Waals surface area contributed by atoms with Crippen LogP contribution >= 0.6 is 23.2 Å². The van der Waals surface area contributed by atoms with Crippen LogP contribution in [-0.4, -0.2) is 30.9 Å². The summed E-state index contributed by atoms with van der Waals surface area (Å²) in [6.07, 6.45) is 0. The molecule has 0 spiro atoms. The summed E-state index contributed by atoms with van der Waals surface area (Å²) in [5.41, 5.74) is 2.03. The zero-order valence-corrected chi connectivity index (χ0v) is 17.1. The molecule has 2 amide bonds. The molecule has 2 rings (SSSR count). The highest BCUT2D eigenvalue weighted by Gasteiger charge is 2.13. The van der Waals surface area contributed by atoms with Gasteiger partial charge in [0.2, 0.25) is 5.91 Å². The second-order valence-electron chi connectivity index (χ2n) is 6.28. The van der Waals surface area contributed by atoms with Gasteiger partial charge >= 0.3 is 0 Å². The van der Waals surface area contributed by atoms with Crippen LogP contribution in [0.3, 0.4) is 0 Å². The zero-order chi connectivity index (χ0) is 20.0. The van der Waals surface area contributed by atoms with Crippen LogP contribution in [0.5, 0.6) is 0 Å². The minimum atomic E-state index is -0.433. The van der Waals surface area contributed by atoms with E-state index in [0.29, 0.717) is 16.8 Å². The molecule has 0 saturated heterocycles. The van der Waals surface area contributed by atoms with E-state index in [0.717, 1.165) is 12.2 Å². The first kappa shape index (κ1) is 21.1. The summed E-state index contributed by atoms with van der Waals surface area (Å²) in [5.74, 6) is -0.755. The van der Waals surface area contributed by atoms with Gasteiger partial charge in [0.1, 0.15) is 0 Å². The zero-order valence-electron chi connectivity index (χ0n) is 15.6. The van der Waals surface area contributed by atoms with Crippen molar-refractivity contribution in [2.24, 2.45) is 0 Å². The number of amides is 2. The van der Waals surface area contributed by atoms with E-state index >= 15 is 0 Å². The Bertz CT molecular complexity index is 807. The number of carbonyl (C=O) groups is 2. The molecular weight excluding hydrogens is 385 g/mol. The van der Waals surface area contributed by atoms with Gasteiger partial charge in [-0.15, -0.1) is 0 Å². The van der Waals surface area contributed by atoms with Crippen LogP contribution in [0.25, 0.3) is 0 Å². The van der Waals surface area contributed by atoms with Gasteiger partial charge in [-0.2, -0.15) is 0 Å². The Hall–Kier alpha value is -2.24. The number of anilines is 2. The van der Waals surface area contributed by atoms with Crippen LogP contribution in [-0.2, 0) is 4.79 Å². The van der Waals surface area contributed by atoms with E-state index < -0.39 is 5.91 Å². The Morgan fingerprint density at radius 1 is 1.07 bits per heavy atom. The third-order valence-electron chi connectivity index (χ3n) is 4.03. The summed E-state index contributed by atoms with van der Waals surface area (Å²) in [4.78, 5) is 26.5. The lowest BCUT2D eigenvalue weighted by Gasteiger charge is -2.27. The van der Waals surface area contributed by atoms with E-state index in [-0.39, 0.29) is 23.0 Å². The molecule has 0 heterocycles. The predicted octanol–water partition coefficient (Wildman–Crippen LogP) is 4.60. The average Bonchev–Trinajstić information content (AvgIpc) is 2.61. The lowest BCUT2D eigenvalue weighted by molar-refractivity contribution is -0.115. The summed E-state index contributed by atoms with van der Waals surface area (Å²) < 4.78 is 0. The maximum absolute atomic E-state index is 12.1. The second-order valence-corrected chi connectivity index (χ2v) is 7.13. The molecule has 2 aromatic rings. The van der Waals surface area contributed by atoms with E-state index in [9.17, 15) is 9.59 Å².